The molecule has 4 nitrogen and oxygen atoms in total. The van der Waals surface area contributed by atoms with Crippen LogP contribution in [0.5, 0.6) is 0 Å². The van der Waals surface area contributed by atoms with E-state index >= 15 is 0 Å². The molecule has 1 atom stereocenters. The second kappa shape index (κ2) is 4.94. The van der Waals surface area contributed by atoms with Crippen molar-refractivity contribution in [2.75, 3.05) is 0 Å². The summed E-state index contributed by atoms with van der Waals surface area (Å²) in [6.07, 6.45) is 0.187. The van der Waals surface area contributed by atoms with Crippen molar-refractivity contribution in [1.82, 2.24) is 9.55 Å². The number of primary amides is 1. The number of carbonyl (C=O) groups excluding carboxylic acids is 1. The van der Waals surface area contributed by atoms with Crippen LogP contribution in [0.15, 0.2) is 18.2 Å². The molecule has 96 valence electrons. The minimum Gasteiger partial charge on any atom is -0.370 e. The molecule has 6 heteroatoms. The smallest absolute Gasteiger partial charge is 0.219 e. The Bertz CT molecular complexity index is 596. The molecule has 2 aromatic rings. The van der Waals surface area contributed by atoms with Gasteiger partial charge in [0, 0.05) is 18.5 Å². The van der Waals surface area contributed by atoms with Crippen LogP contribution >= 0.6 is 11.6 Å². The van der Waals surface area contributed by atoms with Crippen molar-refractivity contribution < 1.29 is 9.18 Å². The maximum atomic E-state index is 13.1. The zero-order valence-electron chi connectivity index (χ0n) is 9.86. The van der Waals surface area contributed by atoms with Gasteiger partial charge in [-0.15, -0.1) is 11.6 Å². The number of halogens is 2. The van der Waals surface area contributed by atoms with Gasteiger partial charge in [0.05, 0.1) is 16.9 Å². The third-order valence-electron chi connectivity index (χ3n) is 2.78. The molecule has 0 spiro atoms. The SMILES string of the molecule is CC(CC(N)=O)n1c(CCl)nc2cc(F)ccc21. The molecule has 2 rings (SSSR count). The molecule has 0 bridgehead atoms. The summed E-state index contributed by atoms with van der Waals surface area (Å²) in [5.74, 6) is 0.0492. The van der Waals surface area contributed by atoms with E-state index in [9.17, 15) is 9.18 Å². The summed E-state index contributed by atoms with van der Waals surface area (Å²) in [4.78, 5) is 15.2. The fourth-order valence-corrected chi connectivity index (χ4v) is 2.28. The Labute approximate surface area is 109 Å². The van der Waals surface area contributed by atoms with Gasteiger partial charge in [-0.25, -0.2) is 9.37 Å². The van der Waals surface area contributed by atoms with E-state index in [0.29, 0.717) is 11.3 Å². The topological polar surface area (TPSA) is 60.9 Å². The van der Waals surface area contributed by atoms with Gasteiger partial charge in [0.25, 0.3) is 0 Å². The first-order valence-corrected chi connectivity index (χ1v) is 6.07. The predicted molar refractivity (Wildman–Crippen MR) is 67.8 cm³/mol. The maximum Gasteiger partial charge on any atom is 0.219 e. The molecule has 1 aromatic heterocycles. The molecule has 0 saturated heterocycles. The van der Waals surface area contributed by atoms with Gasteiger partial charge in [-0.2, -0.15) is 0 Å². The standard InChI is InChI=1S/C12H13ClFN3O/c1-7(4-11(15)18)17-10-3-2-8(14)5-9(10)16-12(17)6-13/h2-3,5,7H,4,6H2,1H3,(H2,15,18). The summed E-state index contributed by atoms with van der Waals surface area (Å²) in [5.41, 5.74) is 6.47. The summed E-state index contributed by atoms with van der Waals surface area (Å²) in [7, 11) is 0. The van der Waals surface area contributed by atoms with E-state index in [0.717, 1.165) is 5.52 Å². The van der Waals surface area contributed by atoms with Gasteiger partial charge >= 0.3 is 0 Å². The van der Waals surface area contributed by atoms with Crippen molar-refractivity contribution in [3.05, 3.63) is 29.8 Å². The molecular formula is C12H13ClFN3O. The van der Waals surface area contributed by atoms with Crippen LogP contribution in [0.4, 0.5) is 4.39 Å². The largest absolute Gasteiger partial charge is 0.370 e. The van der Waals surface area contributed by atoms with Crippen LogP contribution in [0, 0.1) is 5.82 Å². The fourth-order valence-electron chi connectivity index (χ4n) is 2.09. The number of rotatable bonds is 4. The van der Waals surface area contributed by atoms with Gasteiger partial charge in [-0.05, 0) is 19.1 Å². The summed E-state index contributed by atoms with van der Waals surface area (Å²) >= 11 is 5.83. The second-order valence-electron chi connectivity index (χ2n) is 4.18. The van der Waals surface area contributed by atoms with Gasteiger partial charge < -0.3 is 10.3 Å². The average Bonchev–Trinajstić information content (AvgIpc) is 2.65. The normalized spacial score (nSPS) is 12.8. The molecule has 1 amide bonds. The van der Waals surface area contributed by atoms with Gasteiger partial charge in [0.15, 0.2) is 0 Å². The number of fused-ring (bicyclic) bond motifs is 1. The zero-order valence-corrected chi connectivity index (χ0v) is 10.6. The summed E-state index contributed by atoms with van der Waals surface area (Å²) in [6, 6.07) is 4.17. The highest BCUT2D eigenvalue weighted by atomic mass is 35.5. The van der Waals surface area contributed by atoms with E-state index in [1.807, 2.05) is 11.5 Å². The van der Waals surface area contributed by atoms with E-state index < -0.39 is 5.91 Å². The Morgan fingerprint density at radius 1 is 1.61 bits per heavy atom. The highest BCUT2D eigenvalue weighted by Gasteiger charge is 2.17. The Morgan fingerprint density at radius 2 is 2.33 bits per heavy atom. The summed E-state index contributed by atoms with van der Waals surface area (Å²) < 4.78 is 15.0. The van der Waals surface area contributed by atoms with Crippen LogP contribution in [0.3, 0.4) is 0 Å². The lowest BCUT2D eigenvalue weighted by molar-refractivity contribution is -0.118. The first kappa shape index (κ1) is 12.8. The number of hydrogen-bond acceptors (Lipinski definition) is 2. The number of carbonyl (C=O) groups is 1. The average molecular weight is 270 g/mol. The molecule has 0 fully saturated rings. The third-order valence-corrected chi connectivity index (χ3v) is 3.02. The Balaban J connectivity index is 2.56. The minimum absolute atomic E-state index is 0.160. The van der Waals surface area contributed by atoms with Crippen molar-refractivity contribution in [2.24, 2.45) is 5.73 Å². The van der Waals surface area contributed by atoms with Crippen molar-refractivity contribution in [2.45, 2.75) is 25.3 Å². The molecule has 0 saturated carbocycles. The van der Waals surface area contributed by atoms with E-state index in [1.165, 1.54) is 12.1 Å². The molecule has 1 aromatic carbocycles. The van der Waals surface area contributed by atoms with Crippen molar-refractivity contribution in [1.29, 1.82) is 0 Å². The second-order valence-corrected chi connectivity index (χ2v) is 4.45. The van der Waals surface area contributed by atoms with Crippen molar-refractivity contribution in [3.63, 3.8) is 0 Å². The lowest BCUT2D eigenvalue weighted by atomic mass is 10.2. The van der Waals surface area contributed by atoms with Crippen LogP contribution in [0.25, 0.3) is 11.0 Å². The highest BCUT2D eigenvalue weighted by molar-refractivity contribution is 6.16. The number of alkyl halides is 1. The molecule has 0 aliphatic heterocycles. The number of amides is 1. The van der Waals surface area contributed by atoms with Crippen LogP contribution in [-0.4, -0.2) is 15.5 Å². The highest BCUT2D eigenvalue weighted by Crippen LogP contribution is 2.24. The molecule has 0 aliphatic carbocycles. The molecule has 18 heavy (non-hydrogen) atoms. The quantitative estimate of drug-likeness (QED) is 0.866. The fraction of sp³-hybridized carbons (Fsp3) is 0.333. The number of imidazole rings is 1. The number of nitrogens with two attached hydrogens (primary N) is 1. The summed E-state index contributed by atoms with van der Waals surface area (Å²) in [6.45, 7) is 1.85. The maximum absolute atomic E-state index is 13.1. The van der Waals surface area contributed by atoms with Crippen LogP contribution in [0.1, 0.15) is 25.2 Å². The van der Waals surface area contributed by atoms with Gasteiger partial charge in [-0.1, -0.05) is 0 Å². The third kappa shape index (κ3) is 2.31. The van der Waals surface area contributed by atoms with E-state index in [2.05, 4.69) is 4.98 Å². The van der Waals surface area contributed by atoms with Gasteiger partial charge in [-0.3, -0.25) is 4.79 Å². The van der Waals surface area contributed by atoms with Crippen LogP contribution in [-0.2, 0) is 10.7 Å². The number of aromatic nitrogens is 2. The number of benzene rings is 1. The summed E-state index contributed by atoms with van der Waals surface area (Å²) in [5, 5.41) is 0. The first-order chi connectivity index (χ1) is 8.52. The molecular weight excluding hydrogens is 257 g/mol. The molecule has 0 aliphatic rings. The van der Waals surface area contributed by atoms with Crippen LogP contribution < -0.4 is 5.73 Å². The van der Waals surface area contributed by atoms with Gasteiger partial charge in [0.2, 0.25) is 5.91 Å². The van der Waals surface area contributed by atoms with Crippen molar-refractivity contribution >= 4 is 28.5 Å². The number of hydrogen-bond donors (Lipinski definition) is 1. The Hall–Kier alpha value is -1.62. The Kier molecular flexibility index (Phi) is 3.52. The molecule has 0 radical (unpaired) electrons. The minimum atomic E-state index is -0.396. The monoisotopic (exact) mass is 269 g/mol. The molecule has 2 N–H and O–H groups in total. The lowest BCUT2D eigenvalue weighted by Gasteiger charge is -2.15. The van der Waals surface area contributed by atoms with Crippen molar-refractivity contribution in [3.8, 4) is 0 Å². The molecule has 1 heterocycles. The van der Waals surface area contributed by atoms with E-state index in [-0.39, 0.29) is 24.2 Å². The van der Waals surface area contributed by atoms with Crippen LogP contribution in [0.2, 0.25) is 0 Å². The Morgan fingerprint density at radius 3 is 2.94 bits per heavy atom. The lowest BCUT2D eigenvalue weighted by Crippen LogP contribution is -2.18. The van der Waals surface area contributed by atoms with E-state index in [4.69, 9.17) is 17.3 Å². The first-order valence-electron chi connectivity index (χ1n) is 5.53. The zero-order chi connectivity index (χ0) is 13.3. The van der Waals surface area contributed by atoms with Gasteiger partial charge in [0.1, 0.15) is 11.6 Å². The predicted octanol–water partition coefficient (Wildman–Crippen LogP) is 2.35. The number of nitrogens with zero attached hydrogens (tertiary/aromatic N) is 2. The van der Waals surface area contributed by atoms with E-state index in [1.54, 1.807) is 6.07 Å². The molecule has 1 unspecified atom stereocenters.